The fourth-order valence-corrected chi connectivity index (χ4v) is 3.12. The van der Waals surface area contributed by atoms with Gasteiger partial charge in [-0.3, -0.25) is 29.0 Å². The van der Waals surface area contributed by atoms with Crippen LogP contribution in [0.2, 0.25) is 0 Å². The van der Waals surface area contributed by atoms with Crippen molar-refractivity contribution in [3.8, 4) is 0 Å². The minimum Gasteiger partial charge on any atom is -0.481 e. The number of nitrogens with zero attached hydrogens (tertiary/aromatic N) is 1. The van der Waals surface area contributed by atoms with Gasteiger partial charge in [0.1, 0.15) is 18.1 Å². The van der Waals surface area contributed by atoms with E-state index in [1.54, 1.807) is 13.8 Å². The van der Waals surface area contributed by atoms with Gasteiger partial charge >= 0.3 is 11.9 Å². The normalized spacial score (nSPS) is 13.9. The van der Waals surface area contributed by atoms with Crippen molar-refractivity contribution in [3.63, 3.8) is 0 Å². The number of carboxylic acid groups (broad SMARTS) is 2. The zero-order valence-electron chi connectivity index (χ0n) is 20.9. The molecule has 13 N–H and O–H groups in total. The van der Waals surface area contributed by atoms with E-state index in [1.807, 2.05) is 0 Å². The maximum atomic E-state index is 13.0. The van der Waals surface area contributed by atoms with E-state index in [0.717, 1.165) is 0 Å². The Balaban J connectivity index is 5.56. The minimum atomic E-state index is -1.41. The van der Waals surface area contributed by atoms with Crippen LogP contribution in [0.5, 0.6) is 0 Å². The van der Waals surface area contributed by atoms with Crippen LogP contribution in [-0.4, -0.2) is 82.5 Å². The van der Waals surface area contributed by atoms with E-state index in [2.05, 4.69) is 20.9 Å². The molecular weight excluding hydrogens is 492 g/mol. The first-order chi connectivity index (χ1) is 17.1. The number of rotatable bonds is 18. The fourth-order valence-electron chi connectivity index (χ4n) is 3.12. The number of carboxylic acids is 2. The number of primary amides is 1. The number of nitrogens with two attached hydrogens (primary N) is 4. The highest BCUT2D eigenvalue weighted by molar-refractivity contribution is 5.95. The average molecular weight is 531 g/mol. The molecule has 0 heterocycles. The lowest BCUT2D eigenvalue weighted by molar-refractivity contribution is -0.142. The quantitative estimate of drug-likeness (QED) is 0.0480. The zero-order chi connectivity index (χ0) is 28.7. The van der Waals surface area contributed by atoms with Crippen molar-refractivity contribution in [1.29, 1.82) is 0 Å². The Bertz CT molecular complexity index is 859. The SMILES string of the molecule is CC(C)CC(NC(=O)C(N)CC(=O)O)C(=O)NC(CCC(N)=O)C(=O)NC(CCCN=C(N)N)C(=O)O. The highest BCUT2D eigenvalue weighted by Crippen LogP contribution is 2.08. The summed E-state index contributed by atoms with van der Waals surface area (Å²) >= 11 is 0. The molecule has 37 heavy (non-hydrogen) atoms. The highest BCUT2D eigenvalue weighted by atomic mass is 16.4. The first kappa shape index (κ1) is 33.0. The largest absolute Gasteiger partial charge is 0.481 e. The van der Waals surface area contributed by atoms with Crippen LogP contribution in [-0.2, 0) is 28.8 Å². The second-order valence-electron chi connectivity index (χ2n) is 8.81. The van der Waals surface area contributed by atoms with Crippen LogP contribution >= 0.6 is 0 Å². The molecule has 4 atom stereocenters. The number of amides is 4. The fraction of sp³-hybridized carbons (Fsp3) is 0.667. The van der Waals surface area contributed by atoms with Crippen molar-refractivity contribution in [1.82, 2.24) is 16.0 Å². The molecule has 0 saturated carbocycles. The maximum Gasteiger partial charge on any atom is 0.326 e. The van der Waals surface area contributed by atoms with E-state index in [4.69, 9.17) is 28.0 Å². The van der Waals surface area contributed by atoms with Crippen LogP contribution in [0.1, 0.15) is 52.4 Å². The van der Waals surface area contributed by atoms with E-state index in [1.165, 1.54) is 0 Å². The lowest BCUT2D eigenvalue weighted by Gasteiger charge is -2.25. The Morgan fingerprint density at radius 3 is 1.84 bits per heavy atom. The number of carbonyl (C=O) groups is 6. The Kier molecular flexibility index (Phi) is 14.9. The third-order valence-electron chi connectivity index (χ3n) is 4.94. The van der Waals surface area contributed by atoms with Crippen molar-refractivity contribution >= 4 is 41.5 Å². The number of nitrogens with one attached hydrogen (secondary N) is 3. The number of hydrogen-bond donors (Lipinski definition) is 9. The molecule has 0 bridgehead atoms. The van der Waals surface area contributed by atoms with E-state index >= 15 is 0 Å². The van der Waals surface area contributed by atoms with Crippen LogP contribution in [0.4, 0.5) is 0 Å². The maximum absolute atomic E-state index is 13.0. The highest BCUT2D eigenvalue weighted by Gasteiger charge is 2.31. The van der Waals surface area contributed by atoms with Crippen LogP contribution < -0.4 is 38.9 Å². The lowest BCUT2D eigenvalue weighted by Crippen LogP contribution is -2.57. The third-order valence-corrected chi connectivity index (χ3v) is 4.94. The molecule has 0 aliphatic carbocycles. The number of aliphatic carboxylic acids is 2. The molecule has 0 aliphatic heterocycles. The predicted octanol–water partition coefficient (Wildman–Crippen LogP) is -3.31. The average Bonchev–Trinajstić information content (AvgIpc) is 2.76. The molecule has 0 aliphatic rings. The van der Waals surface area contributed by atoms with Gasteiger partial charge in [-0.2, -0.15) is 0 Å². The van der Waals surface area contributed by atoms with Crippen LogP contribution in [0.3, 0.4) is 0 Å². The van der Waals surface area contributed by atoms with Crippen LogP contribution in [0, 0.1) is 5.92 Å². The van der Waals surface area contributed by atoms with Gasteiger partial charge in [-0.05, 0) is 31.6 Å². The summed E-state index contributed by atoms with van der Waals surface area (Å²) in [7, 11) is 0. The number of hydrogen-bond acceptors (Lipinski definition) is 8. The van der Waals surface area contributed by atoms with Gasteiger partial charge < -0.3 is 49.1 Å². The first-order valence-electron chi connectivity index (χ1n) is 11.6. The molecule has 16 nitrogen and oxygen atoms in total. The smallest absolute Gasteiger partial charge is 0.326 e. The molecule has 4 unspecified atom stereocenters. The summed E-state index contributed by atoms with van der Waals surface area (Å²) in [6, 6.07) is -5.30. The van der Waals surface area contributed by atoms with Gasteiger partial charge in [-0.15, -0.1) is 0 Å². The van der Waals surface area contributed by atoms with E-state index in [0.29, 0.717) is 0 Å². The minimum absolute atomic E-state index is 0.0260. The van der Waals surface area contributed by atoms with Gasteiger partial charge in [0.25, 0.3) is 0 Å². The van der Waals surface area contributed by atoms with Crippen molar-refractivity contribution in [2.24, 2.45) is 33.8 Å². The monoisotopic (exact) mass is 530 g/mol. The molecule has 0 aromatic heterocycles. The lowest BCUT2D eigenvalue weighted by atomic mass is 10.0. The molecule has 0 spiro atoms. The van der Waals surface area contributed by atoms with Gasteiger partial charge in [-0.25, -0.2) is 4.79 Å². The first-order valence-corrected chi connectivity index (χ1v) is 11.6. The zero-order valence-corrected chi connectivity index (χ0v) is 20.9. The molecule has 0 fully saturated rings. The predicted molar refractivity (Wildman–Crippen MR) is 131 cm³/mol. The number of aliphatic imine (C=N–C) groups is 1. The molecule has 0 aromatic rings. The molecule has 0 radical (unpaired) electrons. The van der Waals surface area contributed by atoms with Crippen LogP contribution in [0.15, 0.2) is 4.99 Å². The van der Waals surface area contributed by atoms with E-state index in [-0.39, 0.29) is 50.5 Å². The Morgan fingerprint density at radius 2 is 1.35 bits per heavy atom. The summed E-state index contributed by atoms with van der Waals surface area (Å²) in [5, 5.41) is 25.4. The summed E-state index contributed by atoms with van der Waals surface area (Å²) in [4.78, 5) is 75.6. The summed E-state index contributed by atoms with van der Waals surface area (Å²) < 4.78 is 0. The summed E-state index contributed by atoms with van der Waals surface area (Å²) in [6.07, 6.45) is -0.886. The van der Waals surface area contributed by atoms with E-state index in [9.17, 15) is 33.9 Å². The summed E-state index contributed by atoms with van der Waals surface area (Å²) in [5.41, 5.74) is 21.2. The molecule has 210 valence electrons. The van der Waals surface area contributed by atoms with Gasteiger partial charge in [0.05, 0.1) is 12.5 Å². The Hall–Kier alpha value is -3.95. The second-order valence-corrected chi connectivity index (χ2v) is 8.81. The second kappa shape index (κ2) is 16.7. The third kappa shape index (κ3) is 14.9. The standard InChI is InChI=1S/C21H38N8O8/c1-10(2)8-14(29-17(33)11(22)9-16(31)32)19(35)27-12(5-6-15(23)30)18(34)28-13(20(36)37)4-3-7-26-21(24)25/h10-14H,3-9,22H2,1-2H3,(H2,23,30)(H,27,35)(H,28,34)(H,29,33)(H,31,32)(H,36,37)(H4,24,25,26). The number of guanidine groups is 1. The topological polar surface area (TPSA) is 295 Å². The van der Waals surface area contributed by atoms with Crippen LogP contribution in [0.25, 0.3) is 0 Å². The van der Waals surface area contributed by atoms with Crippen molar-refractivity contribution < 1.29 is 39.0 Å². The molecule has 0 aromatic carbocycles. The molecule has 4 amide bonds. The van der Waals surface area contributed by atoms with Gasteiger partial charge in [0.2, 0.25) is 23.6 Å². The summed E-state index contributed by atoms with van der Waals surface area (Å²) in [6.45, 7) is 3.66. The summed E-state index contributed by atoms with van der Waals surface area (Å²) in [5.74, 6) is -6.26. The molecule has 16 heteroatoms. The van der Waals surface area contributed by atoms with Crippen molar-refractivity contribution in [2.75, 3.05) is 6.54 Å². The van der Waals surface area contributed by atoms with Gasteiger partial charge in [0, 0.05) is 13.0 Å². The molecule has 0 saturated heterocycles. The number of carbonyl (C=O) groups excluding carboxylic acids is 4. The van der Waals surface area contributed by atoms with Crippen molar-refractivity contribution in [3.05, 3.63) is 0 Å². The molecular formula is C21H38N8O8. The Morgan fingerprint density at radius 1 is 0.811 bits per heavy atom. The van der Waals surface area contributed by atoms with Gasteiger partial charge in [0.15, 0.2) is 5.96 Å². The van der Waals surface area contributed by atoms with Gasteiger partial charge in [-0.1, -0.05) is 13.8 Å². The molecule has 0 rings (SSSR count). The van der Waals surface area contributed by atoms with E-state index < -0.39 is 66.2 Å². The van der Waals surface area contributed by atoms with Crippen molar-refractivity contribution in [2.45, 2.75) is 76.5 Å². The Labute approximate surface area is 214 Å².